The second-order valence-corrected chi connectivity index (χ2v) is 4.62. The molecule has 0 saturated carbocycles. The lowest BCUT2D eigenvalue weighted by molar-refractivity contribution is -0.115. The fourth-order valence-corrected chi connectivity index (χ4v) is 2.18. The number of nitrogens with one attached hydrogen (secondary N) is 1. The Kier molecular flexibility index (Phi) is 2.83. The minimum atomic E-state index is -0.295. The largest absolute Gasteiger partial charge is 0.307 e. The van der Waals surface area contributed by atoms with Crippen molar-refractivity contribution in [1.29, 1.82) is 0 Å². The average molecular weight is 239 g/mol. The Morgan fingerprint density at radius 3 is 2.53 bits per heavy atom. The summed E-state index contributed by atoms with van der Waals surface area (Å²) in [6.07, 6.45) is 1.68. The van der Waals surface area contributed by atoms with Gasteiger partial charge in [-0.3, -0.25) is 4.79 Å². The van der Waals surface area contributed by atoms with Crippen molar-refractivity contribution in [3.05, 3.63) is 40.6 Å². The highest BCUT2D eigenvalue weighted by Gasteiger charge is 2.21. The number of amides is 1. The fraction of sp³-hybridized carbons (Fsp3) is 0. The van der Waals surface area contributed by atoms with E-state index >= 15 is 0 Å². The van der Waals surface area contributed by atoms with Crippen LogP contribution >= 0.6 is 24.0 Å². The van der Waals surface area contributed by atoms with Crippen molar-refractivity contribution < 1.29 is 9.18 Å². The third-order valence-electron chi connectivity index (χ3n) is 1.81. The van der Waals surface area contributed by atoms with Gasteiger partial charge in [-0.15, -0.1) is 0 Å². The lowest BCUT2D eigenvalue weighted by Crippen LogP contribution is -2.17. The van der Waals surface area contributed by atoms with Crippen LogP contribution in [0.25, 0.3) is 6.08 Å². The molecule has 0 bridgehead atoms. The molecular formula is C10H6FNOS2. The van der Waals surface area contributed by atoms with Gasteiger partial charge in [-0.1, -0.05) is 36.1 Å². The number of thiocarbonyl (C=S) groups is 1. The molecule has 1 heterocycles. The lowest BCUT2D eigenvalue weighted by atomic mass is 10.2. The first-order valence-corrected chi connectivity index (χ1v) is 5.38. The number of benzene rings is 1. The Labute approximate surface area is 95.6 Å². The van der Waals surface area contributed by atoms with Gasteiger partial charge in [0.2, 0.25) is 0 Å². The molecule has 1 aromatic carbocycles. The highest BCUT2D eigenvalue weighted by atomic mass is 32.2. The van der Waals surface area contributed by atoms with Crippen molar-refractivity contribution in [1.82, 2.24) is 5.32 Å². The molecule has 76 valence electrons. The third-order valence-corrected chi connectivity index (χ3v) is 2.97. The quantitative estimate of drug-likeness (QED) is 0.602. The van der Waals surface area contributed by atoms with Crippen LogP contribution in [-0.4, -0.2) is 10.2 Å². The number of hydrogen-bond donors (Lipinski definition) is 1. The van der Waals surface area contributed by atoms with Crippen LogP contribution in [-0.2, 0) is 4.79 Å². The van der Waals surface area contributed by atoms with Crippen LogP contribution in [0.5, 0.6) is 0 Å². The number of carbonyl (C=O) groups is 1. The summed E-state index contributed by atoms with van der Waals surface area (Å²) in [5, 5.41) is 2.51. The molecule has 1 saturated heterocycles. The molecule has 2 rings (SSSR count). The molecule has 1 fully saturated rings. The summed E-state index contributed by atoms with van der Waals surface area (Å²) < 4.78 is 13.1. The first-order chi connectivity index (χ1) is 7.15. The predicted molar refractivity (Wildman–Crippen MR) is 62.7 cm³/mol. The van der Waals surface area contributed by atoms with E-state index in [1.807, 2.05) is 0 Å². The zero-order valence-electron chi connectivity index (χ0n) is 7.49. The topological polar surface area (TPSA) is 29.1 Å². The molecule has 1 amide bonds. The van der Waals surface area contributed by atoms with Crippen LogP contribution in [0.1, 0.15) is 5.56 Å². The van der Waals surface area contributed by atoms with E-state index in [4.69, 9.17) is 12.2 Å². The molecule has 0 atom stereocenters. The third kappa shape index (κ3) is 2.43. The van der Waals surface area contributed by atoms with E-state index in [1.165, 1.54) is 23.9 Å². The van der Waals surface area contributed by atoms with Crippen molar-refractivity contribution in [2.45, 2.75) is 0 Å². The van der Waals surface area contributed by atoms with Crippen LogP contribution in [0.15, 0.2) is 29.2 Å². The van der Waals surface area contributed by atoms with E-state index in [1.54, 1.807) is 18.2 Å². The molecular weight excluding hydrogens is 233 g/mol. The molecule has 1 aliphatic rings. The van der Waals surface area contributed by atoms with Gasteiger partial charge in [-0.2, -0.15) is 0 Å². The molecule has 0 aliphatic carbocycles. The van der Waals surface area contributed by atoms with Crippen LogP contribution in [0.4, 0.5) is 4.39 Å². The molecule has 5 heteroatoms. The van der Waals surface area contributed by atoms with Crippen molar-refractivity contribution in [3.63, 3.8) is 0 Å². The molecule has 0 spiro atoms. The number of carbonyl (C=O) groups excluding carboxylic acids is 1. The molecule has 1 aliphatic heterocycles. The van der Waals surface area contributed by atoms with Gasteiger partial charge >= 0.3 is 0 Å². The summed E-state index contributed by atoms with van der Waals surface area (Å²) in [6, 6.07) is 5.92. The zero-order valence-corrected chi connectivity index (χ0v) is 9.12. The van der Waals surface area contributed by atoms with E-state index < -0.39 is 0 Å². The fourth-order valence-electron chi connectivity index (χ4n) is 1.13. The van der Waals surface area contributed by atoms with Crippen LogP contribution in [0.2, 0.25) is 0 Å². The van der Waals surface area contributed by atoms with Gasteiger partial charge < -0.3 is 5.32 Å². The standard InChI is InChI=1S/C10H6FNOS2/c11-7-3-1-6(2-4-7)5-8-9(13)12-10(14)15-8/h1-5H,(H,12,13,14)/b8-5-. The molecule has 15 heavy (non-hydrogen) atoms. The average Bonchev–Trinajstić information content (AvgIpc) is 2.49. The minimum absolute atomic E-state index is 0.200. The molecule has 0 unspecified atom stereocenters. The zero-order chi connectivity index (χ0) is 10.8. The van der Waals surface area contributed by atoms with Crippen molar-refractivity contribution in [2.75, 3.05) is 0 Å². The molecule has 1 aromatic rings. The predicted octanol–water partition coefficient (Wildman–Crippen LogP) is 2.31. The summed E-state index contributed by atoms with van der Waals surface area (Å²) in [7, 11) is 0. The van der Waals surface area contributed by atoms with E-state index in [-0.39, 0.29) is 11.7 Å². The number of halogens is 1. The Bertz CT molecular complexity index is 453. The normalized spacial score (nSPS) is 18.3. The van der Waals surface area contributed by atoms with Gasteiger partial charge in [0.25, 0.3) is 5.91 Å². The smallest absolute Gasteiger partial charge is 0.263 e. The summed E-state index contributed by atoms with van der Waals surface area (Å²) >= 11 is 6.05. The second-order valence-electron chi connectivity index (χ2n) is 2.90. The van der Waals surface area contributed by atoms with Gasteiger partial charge in [-0.25, -0.2) is 4.39 Å². The highest BCUT2D eigenvalue weighted by Crippen LogP contribution is 2.25. The van der Waals surface area contributed by atoms with E-state index in [2.05, 4.69) is 5.32 Å². The first-order valence-electron chi connectivity index (χ1n) is 4.15. The Hall–Kier alpha value is -1.20. The molecule has 0 aromatic heterocycles. The Morgan fingerprint density at radius 1 is 1.33 bits per heavy atom. The second kappa shape index (κ2) is 4.12. The maximum absolute atomic E-state index is 12.6. The van der Waals surface area contributed by atoms with E-state index in [0.29, 0.717) is 9.23 Å². The van der Waals surface area contributed by atoms with Crippen molar-refractivity contribution in [3.8, 4) is 0 Å². The monoisotopic (exact) mass is 239 g/mol. The summed E-state index contributed by atoms with van der Waals surface area (Å²) in [4.78, 5) is 11.8. The van der Waals surface area contributed by atoms with Crippen LogP contribution < -0.4 is 5.32 Å². The van der Waals surface area contributed by atoms with Crippen molar-refractivity contribution in [2.24, 2.45) is 0 Å². The maximum atomic E-state index is 12.6. The lowest BCUT2D eigenvalue weighted by Gasteiger charge is -1.94. The number of rotatable bonds is 1. The summed E-state index contributed by atoms with van der Waals surface area (Å²) in [6.45, 7) is 0. The summed E-state index contributed by atoms with van der Waals surface area (Å²) in [5.74, 6) is -0.495. The Morgan fingerprint density at radius 2 is 2.00 bits per heavy atom. The maximum Gasteiger partial charge on any atom is 0.263 e. The summed E-state index contributed by atoms with van der Waals surface area (Å²) in [5.41, 5.74) is 0.777. The SMILES string of the molecule is O=C1NC(=S)S/C1=C\c1ccc(F)cc1. The Balaban J connectivity index is 2.27. The van der Waals surface area contributed by atoms with Gasteiger partial charge in [0.05, 0.1) is 4.91 Å². The first kappa shape index (κ1) is 10.3. The molecule has 2 nitrogen and oxygen atoms in total. The van der Waals surface area contributed by atoms with Gasteiger partial charge in [0.15, 0.2) is 0 Å². The highest BCUT2D eigenvalue weighted by molar-refractivity contribution is 8.26. The van der Waals surface area contributed by atoms with Crippen molar-refractivity contribution >= 4 is 40.3 Å². The van der Waals surface area contributed by atoms with E-state index in [0.717, 1.165) is 5.56 Å². The molecule has 0 radical (unpaired) electrons. The number of hydrogen-bond acceptors (Lipinski definition) is 3. The number of thioether (sulfide) groups is 1. The van der Waals surface area contributed by atoms with E-state index in [9.17, 15) is 9.18 Å². The molecule has 1 N–H and O–H groups in total. The minimum Gasteiger partial charge on any atom is -0.307 e. The van der Waals surface area contributed by atoms with Gasteiger partial charge in [0.1, 0.15) is 10.1 Å². The van der Waals surface area contributed by atoms with Gasteiger partial charge in [-0.05, 0) is 23.8 Å². The van der Waals surface area contributed by atoms with Crippen LogP contribution in [0.3, 0.4) is 0 Å². The van der Waals surface area contributed by atoms with Crippen LogP contribution in [0, 0.1) is 5.82 Å². The van der Waals surface area contributed by atoms with Gasteiger partial charge in [0, 0.05) is 0 Å².